The van der Waals surface area contributed by atoms with E-state index in [4.69, 9.17) is 0 Å². The summed E-state index contributed by atoms with van der Waals surface area (Å²) in [5, 5.41) is 1.33. The molecule has 0 amide bonds. The molecule has 0 bridgehead atoms. The average Bonchev–Trinajstić information content (AvgIpc) is 2.43. The smallest absolute Gasteiger partial charge is 0.0481 e. The number of aryl methyl sites for hydroxylation is 1. The van der Waals surface area contributed by atoms with E-state index in [1.807, 2.05) is 6.07 Å². The van der Waals surface area contributed by atoms with Gasteiger partial charge in [0.25, 0.3) is 0 Å². The van der Waals surface area contributed by atoms with Crippen LogP contribution in [0.25, 0.3) is 10.9 Å². The maximum Gasteiger partial charge on any atom is 0.0481 e. The third-order valence-electron chi connectivity index (χ3n) is 2.63. The van der Waals surface area contributed by atoms with Crippen LogP contribution in [0.4, 0.5) is 0 Å². The fraction of sp³-hybridized carbons (Fsp3) is 0.333. The Labute approximate surface area is 90.1 Å². The summed E-state index contributed by atoms with van der Waals surface area (Å²) < 4.78 is 2.18. The minimum atomic E-state index is 0.564. The van der Waals surface area contributed by atoms with Crippen molar-refractivity contribution in [1.82, 2.24) is 4.57 Å². The number of nitrogens with zero attached hydrogens (tertiary/aromatic N) is 1. The van der Waals surface area contributed by atoms with Crippen molar-refractivity contribution in [2.75, 3.05) is 0 Å². The quantitative estimate of drug-likeness (QED) is 0.679. The molecule has 14 heavy (non-hydrogen) atoms. The standard InChI is InChI=1S/C12H15NS/c1-8(2)11-7-13(3)12-5-4-9(14)6-10(11)12/h4-8,14H,1-3H3. The van der Waals surface area contributed by atoms with Gasteiger partial charge in [0.15, 0.2) is 0 Å². The monoisotopic (exact) mass is 205 g/mol. The SMILES string of the molecule is CC(C)c1cn(C)c2ccc(S)cc12. The van der Waals surface area contributed by atoms with Crippen LogP contribution >= 0.6 is 12.6 Å². The Bertz CT molecular complexity index is 468. The Morgan fingerprint density at radius 1 is 1.29 bits per heavy atom. The van der Waals surface area contributed by atoms with Gasteiger partial charge in [-0.2, -0.15) is 0 Å². The molecule has 0 fully saturated rings. The Hall–Kier alpha value is -0.890. The predicted octanol–water partition coefficient (Wildman–Crippen LogP) is 3.59. The van der Waals surface area contributed by atoms with E-state index in [1.54, 1.807) is 0 Å². The molecule has 0 N–H and O–H groups in total. The molecular weight excluding hydrogens is 190 g/mol. The Kier molecular flexibility index (Phi) is 2.31. The first kappa shape index (κ1) is 9.66. The van der Waals surface area contributed by atoms with E-state index < -0.39 is 0 Å². The highest BCUT2D eigenvalue weighted by atomic mass is 32.1. The average molecular weight is 205 g/mol. The van der Waals surface area contributed by atoms with Crippen molar-refractivity contribution in [1.29, 1.82) is 0 Å². The number of fused-ring (bicyclic) bond motifs is 1. The summed E-state index contributed by atoms with van der Waals surface area (Å²) >= 11 is 4.38. The molecule has 0 unspecified atom stereocenters. The van der Waals surface area contributed by atoms with E-state index in [0.717, 1.165) is 4.90 Å². The van der Waals surface area contributed by atoms with Crippen molar-refractivity contribution in [3.05, 3.63) is 30.0 Å². The fourth-order valence-electron chi connectivity index (χ4n) is 1.87. The molecule has 0 aliphatic carbocycles. The maximum absolute atomic E-state index is 4.38. The lowest BCUT2D eigenvalue weighted by Crippen LogP contribution is -1.84. The van der Waals surface area contributed by atoms with Gasteiger partial charge in [0.2, 0.25) is 0 Å². The molecule has 1 aromatic carbocycles. The number of hydrogen-bond donors (Lipinski definition) is 1. The van der Waals surface area contributed by atoms with Crippen LogP contribution in [0.5, 0.6) is 0 Å². The van der Waals surface area contributed by atoms with Crippen molar-refractivity contribution in [2.24, 2.45) is 7.05 Å². The van der Waals surface area contributed by atoms with Crippen LogP contribution in [0.2, 0.25) is 0 Å². The molecule has 0 saturated carbocycles. The molecule has 1 nitrogen and oxygen atoms in total. The maximum atomic E-state index is 4.38. The third kappa shape index (κ3) is 1.44. The van der Waals surface area contributed by atoms with Gasteiger partial charge in [-0.1, -0.05) is 13.8 Å². The first-order valence-corrected chi connectivity index (χ1v) is 5.32. The second kappa shape index (κ2) is 3.35. The number of thiol groups is 1. The molecule has 1 aromatic heterocycles. The van der Waals surface area contributed by atoms with Gasteiger partial charge in [-0.15, -0.1) is 12.6 Å². The lowest BCUT2D eigenvalue weighted by molar-refractivity contribution is 0.857. The van der Waals surface area contributed by atoms with Crippen molar-refractivity contribution in [3.8, 4) is 0 Å². The first-order chi connectivity index (χ1) is 6.59. The minimum absolute atomic E-state index is 0.564. The van der Waals surface area contributed by atoms with Crippen LogP contribution in [0.3, 0.4) is 0 Å². The zero-order valence-corrected chi connectivity index (χ0v) is 9.68. The largest absolute Gasteiger partial charge is 0.350 e. The molecule has 2 heteroatoms. The lowest BCUT2D eigenvalue weighted by Gasteiger charge is -2.02. The molecule has 2 aromatic rings. The number of rotatable bonds is 1. The van der Waals surface area contributed by atoms with E-state index >= 15 is 0 Å². The molecule has 0 aliphatic rings. The van der Waals surface area contributed by atoms with Crippen LogP contribution in [0.15, 0.2) is 29.3 Å². The number of benzene rings is 1. The van der Waals surface area contributed by atoms with Gasteiger partial charge in [-0.05, 0) is 29.7 Å². The highest BCUT2D eigenvalue weighted by Gasteiger charge is 2.09. The van der Waals surface area contributed by atoms with Gasteiger partial charge < -0.3 is 4.57 Å². The summed E-state index contributed by atoms with van der Waals surface area (Å²) in [5.41, 5.74) is 2.69. The van der Waals surface area contributed by atoms with Gasteiger partial charge in [0, 0.05) is 29.0 Å². The molecule has 0 spiro atoms. The molecule has 2 rings (SSSR count). The summed E-state index contributed by atoms with van der Waals surface area (Å²) in [5.74, 6) is 0.564. The molecule has 74 valence electrons. The van der Waals surface area contributed by atoms with Gasteiger partial charge in [0.1, 0.15) is 0 Å². The number of hydrogen-bond acceptors (Lipinski definition) is 1. The van der Waals surface area contributed by atoms with E-state index in [9.17, 15) is 0 Å². The van der Waals surface area contributed by atoms with Crippen molar-refractivity contribution in [3.63, 3.8) is 0 Å². The molecule has 0 aliphatic heterocycles. The zero-order chi connectivity index (χ0) is 10.3. The van der Waals surface area contributed by atoms with Gasteiger partial charge in [-0.25, -0.2) is 0 Å². The van der Waals surface area contributed by atoms with E-state index in [-0.39, 0.29) is 0 Å². The summed E-state index contributed by atoms with van der Waals surface area (Å²) in [6.45, 7) is 4.44. The highest BCUT2D eigenvalue weighted by molar-refractivity contribution is 7.80. The molecule has 0 radical (unpaired) electrons. The second-order valence-corrected chi connectivity index (χ2v) is 4.57. The van der Waals surface area contributed by atoms with Crippen LogP contribution in [0, 0.1) is 0 Å². The van der Waals surface area contributed by atoms with Gasteiger partial charge in [0.05, 0.1) is 0 Å². The van der Waals surface area contributed by atoms with E-state index in [1.165, 1.54) is 16.5 Å². The van der Waals surface area contributed by atoms with Crippen molar-refractivity contribution >= 4 is 23.5 Å². The summed E-state index contributed by atoms with van der Waals surface area (Å²) in [7, 11) is 2.09. The topological polar surface area (TPSA) is 4.93 Å². The predicted molar refractivity (Wildman–Crippen MR) is 64.3 cm³/mol. The van der Waals surface area contributed by atoms with Crippen molar-refractivity contribution < 1.29 is 0 Å². The summed E-state index contributed by atoms with van der Waals surface area (Å²) in [6, 6.07) is 6.31. The molecule has 0 saturated heterocycles. The Balaban J connectivity index is 2.79. The molecular formula is C12H15NS. The molecule has 1 heterocycles. The zero-order valence-electron chi connectivity index (χ0n) is 8.78. The summed E-state index contributed by atoms with van der Waals surface area (Å²) in [4.78, 5) is 1.03. The second-order valence-electron chi connectivity index (χ2n) is 4.05. The number of aromatic nitrogens is 1. The van der Waals surface area contributed by atoms with Gasteiger partial charge >= 0.3 is 0 Å². The fourth-order valence-corrected chi connectivity index (χ4v) is 2.07. The van der Waals surface area contributed by atoms with Crippen LogP contribution in [0.1, 0.15) is 25.3 Å². The Morgan fingerprint density at radius 3 is 2.64 bits per heavy atom. The van der Waals surface area contributed by atoms with Crippen LogP contribution < -0.4 is 0 Å². The van der Waals surface area contributed by atoms with Crippen LogP contribution in [-0.4, -0.2) is 4.57 Å². The van der Waals surface area contributed by atoms with E-state index in [0.29, 0.717) is 5.92 Å². The Morgan fingerprint density at radius 2 is 2.00 bits per heavy atom. The van der Waals surface area contributed by atoms with Crippen LogP contribution in [-0.2, 0) is 7.05 Å². The lowest BCUT2D eigenvalue weighted by atomic mass is 10.0. The van der Waals surface area contributed by atoms with Crippen molar-refractivity contribution in [2.45, 2.75) is 24.7 Å². The first-order valence-electron chi connectivity index (χ1n) is 4.87. The minimum Gasteiger partial charge on any atom is -0.350 e. The molecule has 0 atom stereocenters. The summed E-state index contributed by atoms with van der Waals surface area (Å²) in [6.07, 6.45) is 2.21. The highest BCUT2D eigenvalue weighted by Crippen LogP contribution is 2.28. The normalized spacial score (nSPS) is 11.5. The third-order valence-corrected chi connectivity index (χ3v) is 2.90. The van der Waals surface area contributed by atoms with Gasteiger partial charge in [-0.3, -0.25) is 0 Å². The van der Waals surface area contributed by atoms with E-state index in [2.05, 4.69) is 56.4 Å².